The second-order valence-electron chi connectivity index (χ2n) is 3.92. The maximum Gasteiger partial charge on any atom is 0.179 e. The third-order valence-electron chi connectivity index (χ3n) is 2.54. The number of hydrogen-bond acceptors (Lipinski definition) is 4. The summed E-state index contributed by atoms with van der Waals surface area (Å²) in [6.07, 6.45) is 1.77. The van der Waals surface area contributed by atoms with Gasteiger partial charge in [-0.2, -0.15) is 0 Å². The van der Waals surface area contributed by atoms with Crippen LogP contribution in [0, 0.1) is 11.7 Å². The summed E-state index contributed by atoms with van der Waals surface area (Å²) < 4.78 is 3.57. The smallest absolute Gasteiger partial charge is 0.179 e. The van der Waals surface area contributed by atoms with Crippen molar-refractivity contribution in [3.05, 3.63) is 37.6 Å². The molecule has 0 aliphatic carbocycles. The number of thiazole rings is 1. The van der Waals surface area contributed by atoms with Crippen LogP contribution in [0.4, 0.5) is 0 Å². The molecule has 4 nitrogen and oxygen atoms in total. The summed E-state index contributed by atoms with van der Waals surface area (Å²) in [5.41, 5.74) is 2.83. The number of aryl methyl sites for hydroxylation is 1. The van der Waals surface area contributed by atoms with E-state index >= 15 is 0 Å². The lowest BCUT2D eigenvalue weighted by atomic mass is 10.4. The summed E-state index contributed by atoms with van der Waals surface area (Å²) in [7, 11) is 0. The number of halogens is 1. The molecule has 7 heteroatoms. The molecule has 0 aromatic carbocycles. The summed E-state index contributed by atoms with van der Waals surface area (Å²) in [5.74, 6) is 0. The first kappa shape index (κ1) is 12.0. The Balaban J connectivity index is 2.11. The van der Waals surface area contributed by atoms with Gasteiger partial charge in [0, 0.05) is 21.7 Å². The topological polar surface area (TPSA) is 46.5 Å². The Bertz CT molecular complexity index is 771. The highest BCUT2D eigenvalue weighted by molar-refractivity contribution is 9.10. The van der Waals surface area contributed by atoms with Crippen molar-refractivity contribution < 1.29 is 0 Å². The highest BCUT2D eigenvalue weighted by atomic mass is 79.9. The van der Waals surface area contributed by atoms with Crippen LogP contribution in [0.3, 0.4) is 0 Å². The van der Waals surface area contributed by atoms with Crippen LogP contribution < -0.4 is 0 Å². The number of rotatable bonds is 2. The summed E-state index contributed by atoms with van der Waals surface area (Å²) in [6, 6.07) is 1.97. The molecule has 0 radical (unpaired) electrons. The highest BCUT2D eigenvalue weighted by Crippen LogP contribution is 2.19. The number of nitrogens with zero attached hydrogens (tertiary/aromatic N) is 3. The molecule has 0 saturated carbocycles. The van der Waals surface area contributed by atoms with Gasteiger partial charge in [-0.15, -0.1) is 11.3 Å². The monoisotopic (exact) mass is 340 g/mol. The molecule has 0 unspecified atom stereocenters. The Kier molecular flexibility index (Phi) is 3.04. The molecule has 0 amide bonds. The first-order chi connectivity index (χ1) is 8.63. The van der Waals surface area contributed by atoms with E-state index in [0.29, 0.717) is 11.3 Å². The van der Waals surface area contributed by atoms with E-state index in [1.165, 1.54) is 0 Å². The fourth-order valence-corrected chi connectivity index (χ4v) is 3.13. The molecule has 0 fully saturated rings. The van der Waals surface area contributed by atoms with E-state index in [9.17, 15) is 0 Å². The van der Waals surface area contributed by atoms with Crippen LogP contribution in [0.25, 0.3) is 11.2 Å². The van der Waals surface area contributed by atoms with Gasteiger partial charge in [-0.1, -0.05) is 0 Å². The first-order valence-corrected chi connectivity index (χ1v) is 7.36. The third-order valence-corrected chi connectivity index (χ3v) is 4.24. The van der Waals surface area contributed by atoms with Crippen molar-refractivity contribution in [1.29, 1.82) is 0 Å². The highest BCUT2D eigenvalue weighted by Gasteiger charge is 2.08. The molecule has 0 aliphatic heterocycles. The fraction of sp³-hybridized carbons (Fsp3) is 0.182. The van der Waals surface area contributed by atoms with Gasteiger partial charge in [0.25, 0.3) is 0 Å². The quantitative estimate of drug-likeness (QED) is 0.724. The molecule has 3 rings (SSSR count). The molecule has 0 bridgehead atoms. The normalized spacial score (nSPS) is 11.2. The van der Waals surface area contributed by atoms with Crippen molar-refractivity contribution in [3.8, 4) is 0 Å². The van der Waals surface area contributed by atoms with Crippen molar-refractivity contribution in [3.63, 3.8) is 0 Å². The van der Waals surface area contributed by atoms with Crippen LogP contribution in [-0.4, -0.2) is 19.5 Å². The number of fused-ring (bicyclic) bond motifs is 1. The van der Waals surface area contributed by atoms with E-state index in [0.717, 1.165) is 26.3 Å². The predicted octanol–water partition coefficient (Wildman–Crippen LogP) is 3.67. The minimum Gasteiger partial charge on any atom is -0.329 e. The van der Waals surface area contributed by atoms with Crippen LogP contribution in [0.1, 0.15) is 10.7 Å². The Labute approximate surface area is 121 Å². The van der Waals surface area contributed by atoms with Crippen molar-refractivity contribution in [2.75, 3.05) is 0 Å². The molecule has 1 N–H and O–H groups in total. The van der Waals surface area contributed by atoms with Crippen molar-refractivity contribution >= 4 is 50.6 Å². The zero-order valence-electron chi connectivity index (χ0n) is 9.48. The third kappa shape index (κ3) is 2.13. The summed E-state index contributed by atoms with van der Waals surface area (Å²) in [4.78, 5) is 12.0. The predicted molar refractivity (Wildman–Crippen MR) is 78.6 cm³/mol. The van der Waals surface area contributed by atoms with Crippen molar-refractivity contribution in [1.82, 2.24) is 19.5 Å². The Hall–Kier alpha value is -1.05. The van der Waals surface area contributed by atoms with Crippen LogP contribution in [-0.2, 0) is 6.54 Å². The Morgan fingerprint density at radius 1 is 1.56 bits per heavy atom. The maximum absolute atomic E-state index is 5.33. The summed E-state index contributed by atoms with van der Waals surface area (Å²) >= 11 is 10.4. The minimum absolute atomic E-state index is 0.659. The van der Waals surface area contributed by atoms with Gasteiger partial charge >= 0.3 is 0 Å². The number of hydrogen-bond donors (Lipinski definition) is 1. The average molecular weight is 341 g/mol. The zero-order chi connectivity index (χ0) is 12.7. The second-order valence-corrected chi connectivity index (χ2v) is 6.17. The van der Waals surface area contributed by atoms with Crippen LogP contribution >= 0.6 is 39.5 Å². The standard InChI is InChI=1S/C11H9BrN4S2/c1-6-5-18-9(14-6)4-16-10-8(15-11(16)17)2-7(12)3-13-10/h2-3,5H,4H2,1H3,(H,15,17). The number of aromatic nitrogens is 4. The fourth-order valence-electron chi connectivity index (χ4n) is 1.78. The molecule has 18 heavy (non-hydrogen) atoms. The molecule has 0 spiro atoms. The van der Waals surface area contributed by atoms with Crippen molar-refractivity contribution in [2.45, 2.75) is 13.5 Å². The van der Waals surface area contributed by atoms with Gasteiger partial charge in [0.1, 0.15) is 5.01 Å². The minimum atomic E-state index is 0.659. The Morgan fingerprint density at radius 3 is 3.11 bits per heavy atom. The van der Waals surface area contributed by atoms with E-state index in [1.807, 2.05) is 22.9 Å². The number of pyridine rings is 1. The van der Waals surface area contributed by atoms with Gasteiger partial charge in [-0.25, -0.2) is 9.97 Å². The summed E-state index contributed by atoms with van der Waals surface area (Å²) in [5, 5.41) is 3.08. The molecule has 0 aliphatic rings. The van der Waals surface area contributed by atoms with Gasteiger partial charge in [0.15, 0.2) is 10.4 Å². The van der Waals surface area contributed by atoms with Crippen LogP contribution in [0.15, 0.2) is 22.1 Å². The number of aromatic amines is 1. The molecule has 3 heterocycles. The van der Waals surface area contributed by atoms with Gasteiger partial charge in [-0.3, -0.25) is 4.57 Å². The van der Waals surface area contributed by atoms with Gasteiger partial charge in [-0.05, 0) is 41.1 Å². The maximum atomic E-state index is 5.33. The summed E-state index contributed by atoms with van der Waals surface area (Å²) in [6.45, 7) is 2.65. The molecule has 92 valence electrons. The molecule has 3 aromatic heterocycles. The van der Waals surface area contributed by atoms with E-state index in [1.54, 1.807) is 17.5 Å². The number of H-pyrrole nitrogens is 1. The van der Waals surface area contributed by atoms with E-state index in [4.69, 9.17) is 12.2 Å². The SMILES string of the molecule is Cc1csc(Cn2c(=S)[nH]c3cc(Br)cnc32)n1. The first-order valence-electron chi connectivity index (χ1n) is 5.28. The van der Waals surface area contributed by atoms with Crippen molar-refractivity contribution in [2.24, 2.45) is 0 Å². The average Bonchev–Trinajstić information content (AvgIpc) is 2.84. The van der Waals surface area contributed by atoms with Crippen LogP contribution in [0.5, 0.6) is 0 Å². The second kappa shape index (κ2) is 4.56. The lowest BCUT2D eigenvalue weighted by molar-refractivity contribution is 0.791. The lowest BCUT2D eigenvalue weighted by Crippen LogP contribution is -2.00. The number of nitrogens with one attached hydrogen (secondary N) is 1. The largest absolute Gasteiger partial charge is 0.329 e. The molecule has 3 aromatic rings. The molecular weight excluding hydrogens is 332 g/mol. The number of imidazole rings is 1. The Morgan fingerprint density at radius 2 is 2.39 bits per heavy atom. The van der Waals surface area contributed by atoms with Crippen LogP contribution in [0.2, 0.25) is 0 Å². The van der Waals surface area contributed by atoms with Gasteiger partial charge in [0.2, 0.25) is 0 Å². The van der Waals surface area contributed by atoms with E-state index < -0.39 is 0 Å². The van der Waals surface area contributed by atoms with Gasteiger partial charge < -0.3 is 4.98 Å². The van der Waals surface area contributed by atoms with E-state index in [-0.39, 0.29) is 0 Å². The molecule has 0 saturated heterocycles. The molecular formula is C11H9BrN4S2. The molecule has 0 atom stereocenters. The zero-order valence-corrected chi connectivity index (χ0v) is 12.7. The van der Waals surface area contributed by atoms with Gasteiger partial charge in [0.05, 0.1) is 12.1 Å². The van der Waals surface area contributed by atoms with E-state index in [2.05, 4.69) is 30.9 Å². The lowest BCUT2D eigenvalue weighted by Gasteiger charge is -2.00.